The van der Waals surface area contributed by atoms with Crippen molar-refractivity contribution < 1.29 is 18.4 Å². The van der Waals surface area contributed by atoms with E-state index in [9.17, 15) is 18.4 Å². The Balaban J connectivity index is 1.82. The van der Waals surface area contributed by atoms with Crippen molar-refractivity contribution in [1.29, 1.82) is 0 Å². The predicted molar refractivity (Wildman–Crippen MR) is 112 cm³/mol. The predicted octanol–water partition coefficient (Wildman–Crippen LogP) is 5.32. The van der Waals surface area contributed by atoms with Crippen molar-refractivity contribution >= 4 is 40.4 Å². The topological polar surface area (TPSA) is 49.4 Å². The van der Waals surface area contributed by atoms with Crippen molar-refractivity contribution in [2.24, 2.45) is 0 Å². The minimum Gasteiger partial charge on any atom is -0.350 e. The molecule has 7 heteroatoms. The summed E-state index contributed by atoms with van der Waals surface area (Å²) >= 11 is 5.85. The molecule has 1 heterocycles. The van der Waals surface area contributed by atoms with Gasteiger partial charge in [-0.05, 0) is 55.0 Å². The number of amides is 2. The fourth-order valence-corrected chi connectivity index (χ4v) is 3.34. The average Bonchev–Trinajstić information content (AvgIpc) is 2.96. The zero-order chi connectivity index (χ0) is 21.4. The van der Waals surface area contributed by atoms with Crippen LogP contribution in [0.2, 0.25) is 5.02 Å². The second kappa shape index (κ2) is 7.72. The number of carbonyl (C=O) groups excluding carboxylic acids is 2. The van der Waals surface area contributed by atoms with Gasteiger partial charge < -0.3 is 5.32 Å². The van der Waals surface area contributed by atoms with E-state index in [4.69, 9.17) is 11.6 Å². The minimum atomic E-state index is -0.657. The molecule has 0 bridgehead atoms. The van der Waals surface area contributed by atoms with Crippen LogP contribution in [-0.4, -0.2) is 11.8 Å². The van der Waals surface area contributed by atoms with Crippen LogP contribution in [0.1, 0.15) is 11.1 Å². The van der Waals surface area contributed by atoms with E-state index in [-0.39, 0.29) is 22.0 Å². The summed E-state index contributed by atoms with van der Waals surface area (Å²) in [5.74, 6) is -2.28. The Kier molecular flexibility index (Phi) is 5.10. The van der Waals surface area contributed by atoms with E-state index in [0.717, 1.165) is 16.5 Å². The molecule has 1 aliphatic heterocycles. The molecule has 0 saturated carbocycles. The average molecular weight is 425 g/mol. The highest BCUT2D eigenvalue weighted by Crippen LogP contribution is 2.35. The molecule has 4 nitrogen and oxygen atoms in total. The molecule has 150 valence electrons. The smallest absolute Gasteiger partial charge is 0.282 e. The molecule has 0 unspecified atom stereocenters. The highest BCUT2D eigenvalue weighted by molar-refractivity contribution is 6.46. The zero-order valence-corrected chi connectivity index (χ0v) is 16.5. The van der Waals surface area contributed by atoms with Crippen molar-refractivity contribution in [3.8, 4) is 0 Å². The maximum absolute atomic E-state index is 13.6. The van der Waals surface area contributed by atoms with Gasteiger partial charge in [0.25, 0.3) is 11.8 Å². The van der Waals surface area contributed by atoms with Crippen LogP contribution in [0, 0.1) is 18.6 Å². The van der Waals surface area contributed by atoms with Crippen molar-refractivity contribution in [3.05, 3.63) is 100 Å². The standard InChI is InChI=1S/C23H15ClF2N2O2/c1-13-2-4-14(5-3-13)20-21(27-16-8-6-15(25)7-9-16)23(30)28(22(20)29)17-10-11-19(26)18(24)12-17/h2-12,27H,1H3. The Labute approximate surface area is 176 Å². The van der Waals surface area contributed by atoms with E-state index in [2.05, 4.69) is 5.32 Å². The lowest BCUT2D eigenvalue weighted by Gasteiger charge is -2.16. The number of hydrogen-bond donors (Lipinski definition) is 1. The third-order valence-corrected chi connectivity index (χ3v) is 4.99. The van der Waals surface area contributed by atoms with E-state index >= 15 is 0 Å². The van der Waals surface area contributed by atoms with Crippen LogP contribution < -0.4 is 10.2 Å². The first-order valence-electron chi connectivity index (χ1n) is 9.03. The lowest BCUT2D eigenvalue weighted by molar-refractivity contribution is -0.120. The van der Waals surface area contributed by atoms with Crippen LogP contribution in [0.4, 0.5) is 20.2 Å². The molecule has 0 radical (unpaired) electrons. The number of nitrogens with zero attached hydrogens (tertiary/aromatic N) is 1. The third kappa shape index (κ3) is 3.57. The van der Waals surface area contributed by atoms with Crippen molar-refractivity contribution in [3.63, 3.8) is 0 Å². The van der Waals surface area contributed by atoms with Gasteiger partial charge in [0, 0.05) is 5.69 Å². The van der Waals surface area contributed by atoms with Gasteiger partial charge in [-0.15, -0.1) is 0 Å². The summed E-state index contributed by atoms with van der Waals surface area (Å²) in [6, 6.07) is 16.2. The second-order valence-corrected chi connectivity index (χ2v) is 7.20. The maximum atomic E-state index is 13.6. The molecule has 30 heavy (non-hydrogen) atoms. The number of nitrogens with one attached hydrogen (secondary N) is 1. The van der Waals surface area contributed by atoms with Crippen LogP contribution in [0.3, 0.4) is 0 Å². The molecule has 2 amide bonds. The zero-order valence-electron chi connectivity index (χ0n) is 15.7. The quantitative estimate of drug-likeness (QED) is 0.576. The SMILES string of the molecule is Cc1ccc(C2=C(Nc3ccc(F)cc3)C(=O)N(c3ccc(F)c(Cl)c3)C2=O)cc1. The molecule has 3 aromatic rings. The Morgan fingerprint density at radius 1 is 0.867 bits per heavy atom. The van der Waals surface area contributed by atoms with E-state index in [1.165, 1.54) is 36.4 Å². The van der Waals surface area contributed by atoms with E-state index in [1.54, 1.807) is 12.1 Å². The molecule has 1 N–H and O–H groups in total. The fourth-order valence-electron chi connectivity index (χ4n) is 3.17. The fraction of sp³-hybridized carbons (Fsp3) is 0.0435. The molecule has 3 aromatic carbocycles. The summed E-state index contributed by atoms with van der Waals surface area (Å²) in [4.78, 5) is 27.4. The van der Waals surface area contributed by atoms with Gasteiger partial charge in [0.2, 0.25) is 0 Å². The summed E-state index contributed by atoms with van der Waals surface area (Å²) in [6.45, 7) is 1.91. The van der Waals surface area contributed by atoms with Crippen LogP contribution >= 0.6 is 11.6 Å². The number of carbonyl (C=O) groups is 2. The summed E-state index contributed by atoms with van der Waals surface area (Å²) in [7, 11) is 0. The molecular formula is C23H15ClF2N2O2. The van der Waals surface area contributed by atoms with Crippen molar-refractivity contribution in [2.75, 3.05) is 10.2 Å². The largest absolute Gasteiger partial charge is 0.350 e. The summed E-state index contributed by atoms with van der Waals surface area (Å²) < 4.78 is 26.8. The van der Waals surface area contributed by atoms with Gasteiger partial charge in [-0.1, -0.05) is 41.4 Å². The minimum absolute atomic E-state index is 0.0379. The summed E-state index contributed by atoms with van der Waals surface area (Å²) in [6.07, 6.45) is 0. The van der Waals surface area contributed by atoms with Crippen molar-refractivity contribution in [1.82, 2.24) is 0 Å². The van der Waals surface area contributed by atoms with Gasteiger partial charge in [0.1, 0.15) is 17.3 Å². The van der Waals surface area contributed by atoms with Crippen LogP contribution in [0.25, 0.3) is 5.57 Å². The number of imide groups is 1. The maximum Gasteiger partial charge on any atom is 0.282 e. The molecule has 0 aliphatic carbocycles. The number of halogens is 3. The van der Waals surface area contributed by atoms with Crippen LogP contribution in [0.5, 0.6) is 0 Å². The van der Waals surface area contributed by atoms with Gasteiger partial charge in [0.15, 0.2) is 0 Å². The molecule has 1 aliphatic rings. The number of benzene rings is 3. The molecule has 0 spiro atoms. The van der Waals surface area contributed by atoms with Gasteiger partial charge in [-0.2, -0.15) is 0 Å². The molecule has 0 atom stereocenters. The first kappa shape index (κ1) is 19.8. The normalized spacial score (nSPS) is 13.9. The number of hydrogen-bond acceptors (Lipinski definition) is 3. The first-order valence-corrected chi connectivity index (χ1v) is 9.40. The van der Waals surface area contributed by atoms with Gasteiger partial charge >= 0.3 is 0 Å². The van der Waals surface area contributed by atoms with Crippen LogP contribution in [-0.2, 0) is 9.59 Å². The van der Waals surface area contributed by atoms with E-state index < -0.39 is 23.4 Å². The van der Waals surface area contributed by atoms with Crippen LogP contribution in [0.15, 0.2) is 72.4 Å². The van der Waals surface area contributed by atoms with E-state index in [1.807, 2.05) is 19.1 Å². The molecular weight excluding hydrogens is 410 g/mol. The number of anilines is 2. The number of rotatable bonds is 4. The van der Waals surface area contributed by atoms with Gasteiger partial charge in [-0.25, -0.2) is 13.7 Å². The summed E-state index contributed by atoms with van der Waals surface area (Å²) in [5.41, 5.74) is 2.32. The third-order valence-electron chi connectivity index (χ3n) is 4.70. The highest BCUT2D eigenvalue weighted by Gasteiger charge is 2.40. The Bertz CT molecular complexity index is 1190. The number of aryl methyl sites for hydroxylation is 1. The molecule has 0 fully saturated rings. The lowest BCUT2D eigenvalue weighted by atomic mass is 10.0. The monoisotopic (exact) mass is 424 g/mol. The van der Waals surface area contributed by atoms with Gasteiger partial charge in [-0.3, -0.25) is 9.59 Å². The van der Waals surface area contributed by atoms with Crippen molar-refractivity contribution in [2.45, 2.75) is 6.92 Å². The molecule has 4 rings (SSSR count). The Morgan fingerprint density at radius 2 is 1.53 bits per heavy atom. The van der Waals surface area contributed by atoms with Gasteiger partial charge in [0.05, 0.1) is 16.3 Å². The summed E-state index contributed by atoms with van der Waals surface area (Å²) in [5, 5.41) is 2.73. The highest BCUT2D eigenvalue weighted by atomic mass is 35.5. The first-order chi connectivity index (χ1) is 14.3. The Morgan fingerprint density at radius 3 is 2.17 bits per heavy atom. The van der Waals surface area contributed by atoms with E-state index in [0.29, 0.717) is 11.3 Å². The molecule has 0 aromatic heterocycles. The lowest BCUT2D eigenvalue weighted by Crippen LogP contribution is -2.32. The molecule has 0 saturated heterocycles. The Hall–Kier alpha value is -3.51. The second-order valence-electron chi connectivity index (χ2n) is 6.79.